The van der Waals surface area contributed by atoms with Gasteiger partial charge in [-0.25, -0.2) is 9.37 Å². The number of piperazine rings is 1. The Morgan fingerprint density at radius 3 is 2.50 bits per heavy atom. The van der Waals surface area contributed by atoms with Crippen molar-refractivity contribution in [1.29, 1.82) is 0 Å². The lowest BCUT2D eigenvalue weighted by atomic mass is 9.74. The summed E-state index contributed by atoms with van der Waals surface area (Å²) in [5.74, 6) is 0.477. The Morgan fingerprint density at radius 1 is 1.18 bits per heavy atom. The Bertz CT molecular complexity index is 831. The number of carbonyl (C=O) groups is 1. The van der Waals surface area contributed by atoms with Crippen LogP contribution in [-0.4, -0.2) is 62.2 Å². The van der Waals surface area contributed by atoms with Gasteiger partial charge in [0.25, 0.3) is 0 Å². The van der Waals surface area contributed by atoms with Crippen molar-refractivity contribution in [3.8, 4) is 5.88 Å². The third-order valence-corrected chi connectivity index (χ3v) is 5.73. The number of carbonyl (C=O) groups excluding carboxylic acids is 1. The Balaban J connectivity index is 1.40. The highest BCUT2D eigenvalue weighted by atomic mass is 19.1. The van der Waals surface area contributed by atoms with Crippen LogP contribution in [0.3, 0.4) is 0 Å². The average Bonchev–Trinajstić information content (AvgIpc) is 2.72. The molecule has 0 bridgehead atoms. The molecule has 4 rings (SSSR count). The predicted octanol–water partition coefficient (Wildman–Crippen LogP) is 1.71. The second-order valence-corrected chi connectivity index (χ2v) is 7.49. The highest BCUT2D eigenvalue weighted by Gasteiger charge is 2.47. The number of amides is 1. The van der Waals surface area contributed by atoms with E-state index >= 15 is 0 Å². The first kappa shape index (κ1) is 18.7. The monoisotopic (exact) mass is 384 g/mol. The van der Waals surface area contributed by atoms with Crippen LogP contribution in [0, 0.1) is 11.2 Å². The molecule has 2 fully saturated rings. The number of hydrogen-bond donors (Lipinski definition) is 1. The molecule has 148 valence electrons. The molecule has 1 aromatic heterocycles. The normalized spacial score (nSPS) is 18.5. The van der Waals surface area contributed by atoms with Crippen molar-refractivity contribution in [2.45, 2.75) is 6.42 Å². The Hall–Kier alpha value is -2.67. The van der Waals surface area contributed by atoms with Gasteiger partial charge in [0.05, 0.1) is 24.4 Å². The van der Waals surface area contributed by atoms with Gasteiger partial charge >= 0.3 is 0 Å². The van der Waals surface area contributed by atoms with Crippen molar-refractivity contribution in [3.05, 3.63) is 54.0 Å². The number of rotatable bonds is 5. The number of pyridine rings is 1. The minimum atomic E-state index is -0.536. The van der Waals surface area contributed by atoms with Gasteiger partial charge in [-0.2, -0.15) is 0 Å². The van der Waals surface area contributed by atoms with Crippen LogP contribution in [-0.2, 0) is 11.2 Å². The maximum Gasteiger partial charge on any atom is 0.231 e. The maximum atomic E-state index is 14.1. The van der Waals surface area contributed by atoms with E-state index in [1.54, 1.807) is 25.4 Å². The standard InChI is InChI=1S/C21H25FN4O2/c1-28-19-7-6-17(13-24-19)25-8-10-26(11-9-25)20(27)21(14-23-15-21)12-16-4-2-3-5-18(16)22/h2-7,13,23H,8-12,14-15H2,1H3. The van der Waals surface area contributed by atoms with Gasteiger partial charge in [0, 0.05) is 45.3 Å². The van der Waals surface area contributed by atoms with Crippen LogP contribution < -0.4 is 15.0 Å². The zero-order chi connectivity index (χ0) is 19.6. The van der Waals surface area contributed by atoms with Gasteiger partial charge in [0.1, 0.15) is 5.82 Å². The van der Waals surface area contributed by atoms with Gasteiger partial charge in [-0.05, 0) is 24.1 Å². The molecule has 0 saturated carbocycles. The largest absolute Gasteiger partial charge is 0.481 e. The molecular weight excluding hydrogens is 359 g/mol. The lowest BCUT2D eigenvalue weighted by Crippen LogP contribution is -2.65. The van der Waals surface area contributed by atoms with Gasteiger partial charge < -0.3 is 19.9 Å². The van der Waals surface area contributed by atoms with Crippen molar-refractivity contribution in [3.63, 3.8) is 0 Å². The summed E-state index contributed by atoms with van der Waals surface area (Å²) in [6, 6.07) is 10.6. The fourth-order valence-corrected chi connectivity index (χ4v) is 3.97. The third-order valence-electron chi connectivity index (χ3n) is 5.73. The highest BCUT2D eigenvalue weighted by molar-refractivity contribution is 5.85. The fourth-order valence-electron chi connectivity index (χ4n) is 3.97. The minimum absolute atomic E-state index is 0.127. The molecule has 3 heterocycles. The van der Waals surface area contributed by atoms with Crippen LogP contribution in [0.1, 0.15) is 5.56 Å². The van der Waals surface area contributed by atoms with Crippen LogP contribution in [0.4, 0.5) is 10.1 Å². The van der Waals surface area contributed by atoms with E-state index in [9.17, 15) is 9.18 Å². The van der Waals surface area contributed by atoms with E-state index in [0.29, 0.717) is 44.0 Å². The van der Waals surface area contributed by atoms with Crippen LogP contribution in [0.15, 0.2) is 42.6 Å². The molecule has 0 spiro atoms. The summed E-state index contributed by atoms with van der Waals surface area (Å²) in [7, 11) is 1.60. The zero-order valence-electron chi connectivity index (χ0n) is 16.0. The number of nitrogens with zero attached hydrogens (tertiary/aromatic N) is 3. The maximum absolute atomic E-state index is 14.1. The lowest BCUT2D eigenvalue weighted by Gasteiger charge is -2.46. The molecule has 7 heteroatoms. The van der Waals surface area contributed by atoms with E-state index < -0.39 is 5.41 Å². The van der Waals surface area contributed by atoms with Crippen molar-refractivity contribution in [2.24, 2.45) is 5.41 Å². The van der Waals surface area contributed by atoms with Gasteiger partial charge in [0.2, 0.25) is 11.8 Å². The Morgan fingerprint density at radius 2 is 1.93 bits per heavy atom. The summed E-state index contributed by atoms with van der Waals surface area (Å²) in [6.45, 7) is 4.02. The quantitative estimate of drug-likeness (QED) is 0.851. The molecule has 0 aliphatic carbocycles. The molecule has 2 aromatic rings. The molecule has 0 unspecified atom stereocenters. The number of nitrogens with one attached hydrogen (secondary N) is 1. The molecule has 2 aliphatic rings. The van der Waals surface area contributed by atoms with Gasteiger partial charge in [-0.1, -0.05) is 18.2 Å². The van der Waals surface area contributed by atoms with Gasteiger partial charge in [0.15, 0.2) is 0 Å². The number of ether oxygens (including phenoxy) is 1. The number of hydrogen-bond acceptors (Lipinski definition) is 5. The lowest BCUT2D eigenvalue weighted by molar-refractivity contribution is -0.145. The molecule has 0 radical (unpaired) electrons. The summed E-state index contributed by atoms with van der Waals surface area (Å²) in [6.07, 6.45) is 2.24. The summed E-state index contributed by atoms with van der Waals surface area (Å²) in [5, 5.41) is 3.21. The number of anilines is 1. The number of halogens is 1. The first-order chi connectivity index (χ1) is 13.6. The molecule has 2 saturated heterocycles. The first-order valence-corrected chi connectivity index (χ1v) is 9.60. The molecule has 0 atom stereocenters. The van der Waals surface area contributed by atoms with E-state index in [-0.39, 0.29) is 11.7 Å². The second kappa shape index (κ2) is 7.75. The molecular formula is C21H25FN4O2. The molecule has 28 heavy (non-hydrogen) atoms. The smallest absolute Gasteiger partial charge is 0.231 e. The van der Waals surface area contributed by atoms with E-state index in [4.69, 9.17) is 4.74 Å². The van der Waals surface area contributed by atoms with E-state index in [1.807, 2.05) is 23.1 Å². The summed E-state index contributed by atoms with van der Waals surface area (Å²) in [4.78, 5) is 21.7. The van der Waals surface area contributed by atoms with Crippen molar-refractivity contribution in [2.75, 3.05) is 51.3 Å². The Kier molecular flexibility index (Phi) is 5.17. The number of benzene rings is 1. The molecule has 2 aliphatic heterocycles. The van der Waals surface area contributed by atoms with Crippen molar-refractivity contribution >= 4 is 11.6 Å². The topological polar surface area (TPSA) is 57.7 Å². The third kappa shape index (κ3) is 3.54. The van der Waals surface area contributed by atoms with Crippen LogP contribution in [0.2, 0.25) is 0 Å². The SMILES string of the molecule is COc1ccc(N2CCN(C(=O)C3(Cc4ccccc4F)CNC3)CC2)cn1. The first-order valence-electron chi connectivity index (χ1n) is 9.60. The number of aromatic nitrogens is 1. The van der Waals surface area contributed by atoms with Crippen LogP contribution >= 0.6 is 0 Å². The van der Waals surface area contributed by atoms with Gasteiger partial charge in [-0.15, -0.1) is 0 Å². The minimum Gasteiger partial charge on any atom is -0.481 e. The second-order valence-electron chi connectivity index (χ2n) is 7.49. The number of methoxy groups -OCH3 is 1. The fraction of sp³-hybridized carbons (Fsp3) is 0.429. The molecule has 1 amide bonds. The van der Waals surface area contributed by atoms with Crippen molar-refractivity contribution < 1.29 is 13.9 Å². The zero-order valence-corrected chi connectivity index (χ0v) is 16.0. The molecule has 6 nitrogen and oxygen atoms in total. The van der Waals surface area contributed by atoms with E-state index in [2.05, 4.69) is 15.2 Å². The van der Waals surface area contributed by atoms with Crippen LogP contribution in [0.5, 0.6) is 5.88 Å². The van der Waals surface area contributed by atoms with Gasteiger partial charge in [-0.3, -0.25) is 4.79 Å². The average molecular weight is 384 g/mol. The van der Waals surface area contributed by atoms with Crippen LogP contribution in [0.25, 0.3) is 0 Å². The molecule has 1 aromatic carbocycles. The summed E-state index contributed by atoms with van der Waals surface area (Å²) in [5.41, 5.74) is 1.10. The van der Waals surface area contributed by atoms with Crippen molar-refractivity contribution in [1.82, 2.24) is 15.2 Å². The summed E-state index contributed by atoms with van der Waals surface area (Å²) >= 11 is 0. The van der Waals surface area contributed by atoms with E-state index in [0.717, 1.165) is 18.8 Å². The Labute approximate surface area is 164 Å². The predicted molar refractivity (Wildman–Crippen MR) is 105 cm³/mol. The van der Waals surface area contributed by atoms with E-state index in [1.165, 1.54) is 6.07 Å². The summed E-state index contributed by atoms with van der Waals surface area (Å²) < 4.78 is 19.2. The highest BCUT2D eigenvalue weighted by Crippen LogP contribution is 2.32. The molecule has 1 N–H and O–H groups in total.